The normalized spacial score (nSPS) is 14.1. The van der Waals surface area contributed by atoms with E-state index in [4.69, 9.17) is 24.3 Å². The van der Waals surface area contributed by atoms with Gasteiger partial charge in [-0.25, -0.2) is 4.57 Å². The Labute approximate surface area is 347 Å². The summed E-state index contributed by atoms with van der Waals surface area (Å²) in [5.74, 6) is -0.883. The van der Waals surface area contributed by atoms with Crippen LogP contribution in [0, 0.1) is 0 Å². The van der Waals surface area contributed by atoms with E-state index in [-0.39, 0.29) is 32.6 Å². The standard InChI is InChI=1S/C47H80NO8P/c1-3-5-7-9-11-13-15-17-19-21-22-24-26-28-30-32-34-36-38-40-47(50)56-45(44-55-57(51,52)54-42-41-48)43-53-46(49)39-37-35-33-31-29-27-25-23-20-18-16-14-12-10-8-6-4-2/h5,7,11-14,17-20,22,24,28,30,45H,3-4,6,8-10,15-16,21,23,25-27,29,31-44,48H2,1-2H3,(H,51,52). The van der Waals surface area contributed by atoms with Crippen LogP contribution in [0.1, 0.15) is 168 Å². The second kappa shape index (κ2) is 42.8. The van der Waals surface area contributed by atoms with Crippen molar-refractivity contribution < 1.29 is 37.6 Å². The third-order valence-corrected chi connectivity index (χ3v) is 9.75. The average molecular weight is 818 g/mol. The molecule has 0 aliphatic carbocycles. The highest BCUT2D eigenvalue weighted by Gasteiger charge is 2.26. The Hall–Kier alpha value is -2.81. The molecule has 0 rings (SSSR count). The highest BCUT2D eigenvalue weighted by Crippen LogP contribution is 2.43. The molecule has 0 spiro atoms. The van der Waals surface area contributed by atoms with Crippen molar-refractivity contribution in [3.05, 3.63) is 85.1 Å². The van der Waals surface area contributed by atoms with Gasteiger partial charge in [0.2, 0.25) is 0 Å². The summed E-state index contributed by atoms with van der Waals surface area (Å²) in [6.07, 6.45) is 53.2. The number of phosphoric ester groups is 1. The molecule has 0 saturated carbocycles. The molecule has 0 aliphatic rings. The fourth-order valence-electron chi connectivity index (χ4n) is 5.51. The molecular formula is C47H80NO8P. The van der Waals surface area contributed by atoms with Crippen molar-refractivity contribution >= 4 is 19.8 Å². The highest BCUT2D eigenvalue weighted by molar-refractivity contribution is 7.47. The first-order valence-electron chi connectivity index (χ1n) is 22.1. The van der Waals surface area contributed by atoms with Crippen molar-refractivity contribution in [2.24, 2.45) is 5.73 Å². The van der Waals surface area contributed by atoms with E-state index in [0.29, 0.717) is 12.8 Å². The predicted octanol–water partition coefficient (Wildman–Crippen LogP) is 12.8. The molecule has 0 aromatic carbocycles. The molecule has 0 saturated heterocycles. The topological polar surface area (TPSA) is 134 Å². The zero-order chi connectivity index (χ0) is 41.8. The van der Waals surface area contributed by atoms with Gasteiger partial charge in [0.25, 0.3) is 0 Å². The summed E-state index contributed by atoms with van der Waals surface area (Å²) in [6.45, 7) is 3.53. The first-order chi connectivity index (χ1) is 27.8. The molecule has 10 heteroatoms. The molecule has 326 valence electrons. The Morgan fingerprint density at radius 2 is 0.965 bits per heavy atom. The quantitative estimate of drug-likeness (QED) is 0.0268. The minimum absolute atomic E-state index is 0.0419. The van der Waals surface area contributed by atoms with E-state index in [1.165, 1.54) is 44.9 Å². The van der Waals surface area contributed by atoms with Gasteiger partial charge in [0.15, 0.2) is 6.10 Å². The lowest BCUT2D eigenvalue weighted by molar-refractivity contribution is -0.161. The van der Waals surface area contributed by atoms with E-state index in [0.717, 1.165) is 83.5 Å². The maximum atomic E-state index is 12.6. The number of hydrogen-bond acceptors (Lipinski definition) is 8. The number of ether oxygens (including phenoxy) is 2. The van der Waals surface area contributed by atoms with Crippen molar-refractivity contribution in [1.82, 2.24) is 0 Å². The van der Waals surface area contributed by atoms with E-state index in [2.05, 4.69) is 98.9 Å². The molecule has 0 radical (unpaired) electrons. The third-order valence-electron chi connectivity index (χ3n) is 8.77. The van der Waals surface area contributed by atoms with Gasteiger partial charge in [-0.2, -0.15) is 0 Å². The fraction of sp³-hybridized carbons (Fsp3) is 0.660. The fourth-order valence-corrected chi connectivity index (χ4v) is 6.28. The predicted molar refractivity (Wildman–Crippen MR) is 238 cm³/mol. The molecule has 0 bridgehead atoms. The molecule has 2 unspecified atom stereocenters. The molecular weight excluding hydrogens is 737 g/mol. The van der Waals surface area contributed by atoms with Crippen LogP contribution in [0.4, 0.5) is 0 Å². The summed E-state index contributed by atoms with van der Waals surface area (Å²) in [7, 11) is -4.39. The van der Waals surface area contributed by atoms with Crippen LogP contribution in [0.25, 0.3) is 0 Å². The van der Waals surface area contributed by atoms with Gasteiger partial charge in [0, 0.05) is 19.4 Å². The number of rotatable bonds is 40. The Balaban J connectivity index is 4.25. The van der Waals surface area contributed by atoms with Crippen LogP contribution < -0.4 is 5.73 Å². The zero-order valence-corrected chi connectivity index (χ0v) is 36.7. The Morgan fingerprint density at radius 1 is 0.544 bits per heavy atom. The van der Waals surface area contributed by atoms with Crippen LogP contribution in [0.2, 0.25) is 0 Å². The summed E-state index contributed by atoms with van der Waals surface area (Å²) in [5.41, 5.74) is 5.35. The van der Waals surface area contributed by atoms with Crippen LogP contribution in [0.5, 0.6) is 0 Å². The van der Waals surface area contributed by atoms with Crippen molar-refractivity contribution in [2.45, 2.75) is 174 Å². The summed E-state index contributed by atoms with van der Waals surface area (Å²) in [5, 5.41) is 0. The van der Waals surface area contributed by atoms with Gasteiger partial charge >= 0.3 is 19.8 Å². The molecule has 57 heavy (non-hydrogen) atoms. The van der Waals surface area contributed by atoms with Crippen molar-refractivity contribution in [1.29, 1.82) is 0 Å². The molecule has 0 aliphatic heterocycles. The van der Waals surface area contributed by atoms with Gasteiger partial charge in [-0.1, -0.05) is 150 Å². The maximum absolute atomic E-state index is 12.6. The van der Waals surface area contributed by atoms with Crippen molar-refractivity contribution in [3.63, 3.8) is 0 Å². The van der Waals surface area contributed by atoms with Crippen LogP contribution in [-0.2, 0) is 32.7 Å². The highest BCUT2D eigenvalue weighted by atomic mass is 31.2. The minimum atomic E-state index is -4.39. The third kappa shape index (κ3) is 42.6. The van der Waals surface area contributed by atoms with Crippen molar-refractivity contribution in [2.75, 3.05) is 26.4 Å². The van der Waals surface area contributed by atoms with Gasteiger partial charge in [0.1, 0.15) is 6.61 Å². The van der Waals surface area contributed by atoms with Gasteiger partial charge < -0.3 is 20.1 Å². The molecule has 0 amide bonds. The largest absolute Gasteiger partial charge is 0.472 e. The number of carbonyl (C=O) groups excluding carboxylic acids is 2. The molecule has 0 heterocycles. The summed E-state index contributed by atoms with van der Waals surface area (Å²) in [4.78, 5) is 34.9. The SMILES string of the molecule is CCC=CCC=CCC=CCC=CCC=CCCCCCC(=O)OC(COC(=O)CCCCCCCCCC=CCC=CCCCCC)COP(=O)(O)OCCN. The molecule has 0 aromatic rings. The van der Waals surface area contributed by atoms with Gasteiger partial charge in [0.05, 0.1) is 13.2 Å². The van der Waals surface area contributed by atoms with E-state index in [1.54, 1.807) is 0 Å². The van der Waals surface area contributed by atoms with E-state index >= 15 is 0 Å². The second-order valence-corrected chi connectivity index (χ2v) is 15.6. The average Bonchev–Trinajstić information content (AvgIpc) is 3.20. The number of hydrogen-bond donors (Lipinski definition) is 2. The van der Waals surface area contributed by atoms with Crippen LogP contribution in [-0.4, -0.2) is 49.3 Å². The molecule has 0 fully saturated rings. The molecule has 2 atom stereocenters. The number of nitrogens with two attached hydrogens (primary N) is 1. The first-order valence-corrected chi connectivity index (χ1v) is 23.6. The Bertz CT molecular complexity index is 1210. The molecule has 3 N–H and O–H groups in total. The summed E-state index contributed by atoms with van der Waals surface area (Å²) < 4.78 is 32.8. The minimum Gasteiger partial charge on any atom is -0.462 e. The number of phosphoric acid groups is 1. The van der Waals surface area contributed by atoms with Crippen LogP contribution in [0.3, 0.4) is 0 Å². The van der Waals surface area contributed by atoms with Crippen molar-refractivity contribution in [3.8, 4) is 0 Å². The van der Waals surface area contributed by atoms with E-state index in [1.807, 2.05) is 0 Å². The summed E-state index contributed by atoms with van der Waals surface area (Å²) >= 11 is 0. The zero-order valence-electron chi connectivity index (χ0n) is 35.8. The van der Waals surface area contributed by atoms with Gasteiger partial charge in [-0.15, -0.1) is 0 Å². The van der Waals surface area contributed by atoms with Crippen LogP contribution in [0.15, 0.2) is 85.1 Å². The lowest BCUT2D eigenvalue weighted by Gasteiger charge is -2.19. The lowest BCUT2D eigenvalue weighted by Crippen LogP contribution is -2.29. The lowest BCUT2D eigenvalue weighted by atomic mass is 10.1. The number of allylic oxidation sites excluding steroid dienone is 14. The van der Waals surface area contributed by atoms with E-state index in [9.17, 15) is 19.0 Å². The van der Waals surface area contributed by atoms with Gasteiger partial charge in [-0.05, 0) is 89.9 Å². The number of carbonyl (C=O) groups is 2. The smallest absolute Gasteiger partial charge is 0.462 e. The first kappa shape index (κ1) is 54.2. The van der Waals surface area contributed by atoms with Gasteiger partial charge in [-0.3, -0.25) is 18.6 Å². The Kier molecular flexibility index (Phi) is 40.7. The second-order valence-electron chi connectivity index (χ2n) is 14.2. The Morgan fingerprint density at radius 3 is 1.46 bits per heavy atom. The number of esters is 2. The summed E-state index contributed by atoms with van der Waals surface area (Å²) in [6, 6.07) is 0. The van der Waals surface area contributed by atoms with E-state index < -0.39 is 32.5 Å². The molecule has 9 nitrogen and oxygen atoms in total. The maximum Gasteiger partial charge on any atom is 0.472 e. The van der Waals surface area contributed by atoms with Crippen LogP contribution >= 0.6 is 7.82 Å². The molecule has 0 aromatic heterocycles. The monoisotopic (exact) mass is 818 g/mol. The number of unbranched alkanes of at least 4 members (excludes halogenated alkanes) is 13.